The van der Waals surface area contributed by atoms with E-state index < -0.39 is 11.9 Å². The third-order valence-electron chi connectivity index (χ3n) is 2.42. The van der Waals surface area contributed by atoms with Crippen molar-refractivity contribution in [3.63, 3.8) is 0 Å². The molecule has 1 aromatic rings. The van der Waals surface area contributed by atoms with Crippen LogP contribution in [-0.2, 0) is 4.79 Å². The van der Waals surface area contributed by atoms with Crippen LogP contribution in [0, 0.1) is 17.2 Å². The molecule has 1 rings (SSSR count). The highest BCUT2D eigenvalue weighted by molar-refractivity contribution is 6.30. The minimum atomic E-state index is -0.821. The number of carboxylic acid groups (broad SMARTS) is 1. The maximum atomic E-state index is 10.6. The van der Waals surface area contributed by atoms with Gasteiger partial charge in [-0.3, -0.25) is 4.79 Å². The van der Waals surface area contributed by atoms with Gasteiger partial charge in [0, 0.05) is 11.6 Å². The highest BCUT2D eigenvalue weighted by Gasteiger charge is 2.10. The van der Waals surface area contributed by atoms with Crippen molar-refractivity contribution < 1.29 is 9.90 Å². The lowest BCUT2D eigenvalue weighted by molar-refractivity contribution is -0.141. The van der Waals surface area contributed by atoms with Gasteiger partial charge in [0.15, 0.2) is 0 Å². The van der Waals surface area contributed by atoms with Gasteiger partial charge in [-0.15, -0.1) is 0 Å². The molecule has 0 saturated carbocycles. The molecule has 1 unspecified atom stereocenters. The maximum absolute atomic E-state index is 10.6. The summed E-state index contributed by atoms with van der Waals surface area (Å²) < 4.78 is 0. The minimum Gasteiger partial charge on any atom is -0.481 e. The molecule has 0 bridgehead atoms. The number of carboxylic acids is 1. The smallest absolute Gasteiger partial charge is 0.306 e. The van der Waals surface area contributed by atoms with Gasteiger partial charge in [-0.2, -0.15) is 5.26 Å². The van der Waals surface area contributed by atoms with E-state index in [1.807, 2.05) is 6.07 Å². The highest BCUT2D eigenvalue weighted by Crippen LogP contribution is 2.20. The molecule has 5 heteroatoms. The Labute approximate surface area is 105 Å². The zero-order valence-corrected chi connectivity index (χ0v) is 10.2. The van der Waals surface area contributed by atoms with Crippen molar-refractivity contribution in [3.05, 3.63) is 28.8 Å². The van der Waals surface area contributed by atoms with Crippen LogP contribution in [0.2, 0.25) is 5.02 Å². The summed E-state index contributed by atoms with van der Waals surface area (Å²) in [6.07, 6.45) is 0.493. The van der Waals surface area contributed by atoms with Gasteiger partial charge in [0.05, 0.1) is 17.2 Å². The maximum Gasteiger partial charge on any atom is 0.306 e. The monoisotopic (exact) mass is 252 g/mol. The first-order valence-electron chi connectivity index (χ1n) is 5.21. The van der Waals surface area contributed by atoms with Crippen molar-refractivity contribution in [2.24, 2.45) is 5.92 Å². The summed E-state index contributed by atoms with van der Waals surface area (Å²) in [5.74, 6) is -1.23. The van der Waals surface area contributed by atoms with E-state index in [4.69, 9.17) is 22.0 Å². The number of rotatable bonds is 5. The molecule has 0 radical (unpaired) electrons. The molecule has 1 atom stereocenters. The molecule has 2 N–H and O–H groups in total. The largest absolute Gasteiger partial charge is 0.481 e. The summed E-state index contributed by atoms with van der Waals surface area (Å²) in [4.78, 5) is 10.6. The summed E-state index contributed by atoms with van der Waals surface area (Å²) in [6, 6.07) is 6.98. The van der Waals surface area contributed by atoms with Crippen LogP contribution in [0.4, 0.5) is 5.69 Å². The van der Waals surface area contributed by atoms with Gasteiger partial charge in [-0.05, 0) is 24.6 Å². The zero-order valence-electron chi connectivity index (χ0n) is 9.40. The Morgan fingerprint density at radius 2 is 2.35 bits per heavy atom. The fraction of sp³-hybridized carbons (Fsp3) is 0.333. The molecular formula is C12H13ClN2O2. The molecule has 0 aliphatic rings. The van der Waals surface area contributed by atoms with E-state index in [1.165, 1.54) is 0 Å². The van der Waals surface area contributed by atoms with Crippen LogP contribution in [0.1, 0.15) is 18.9 Å². The van der Waals surface area contributed by atoms with Gasteiger partial charge in [0.2, 0.25) is 0 Å². The minimum absolute atomic E-state index is 0.410. The average Bonchev–Trinajstić information content (AvgIpc) is 2.29. The molecular weight excluding hydrogens is 240 g/mol. The molecule has 0 heterocycles. The van der Waals surface area contributed by atoms with E-state index in [0.717, 1.165) is 0 Å². The molecule has 4 nitrogen and oxygen atoms in total. The Hall–Kier alpha value is -1.73. The van der Waals surface area contributed by atoms with Crippen LogP contribution < -0.4 is 5.32 Å². The normalized spacial score (nSPS) is 11.6. The predicted octanol–water partition coefficient (Wildman–Crippen LogP) is 2.73. The van der Waals surface area contributed by atoms with Crippen LogP contribution in [0.15, 0.2) is 18.2 Å². The molecule has 0 amide bonds. The van der Waals surface area contributed by atoms with Crippen LogP contribution in [0.5, 0.6) is 0 Å². The zero-order chi connectivity index (χ0) is 12.8. The molecule has 17 heavy (non-hydrogen) atoms. The molecule has 90 valence electrons. The first-order chi connectivity index (χ1) is 8.04. The van der Waals surface area contributed by atoms with E-state index in [9.17, 15) is 4.79 Å². The molecule has 0 aromatic heterocycles. The summed E-state index contributed by atoms with van der Waals surface area (Å²) in [5.41, 5.74) is 1.13. The third-order valence-corrected chi connectivity index (χ3v) is 2.65. The number of halogens is 1. The van der Waals surface area contributed by atoms with Crippen molar-refractivity contribution in [2.45, 2.75) is 13.3 Å². The number of nitrogens with one attached hydrogen (secondary N) is 1. The summed E-state index contributed by atoms with van der Waals surface area (Å²) in [5, 5.41) is 21.2. The molecule has 0 aliphatic carbocycles. The number of carbonyl (C=O) groups is 1. The van der Waals surface area contributed by atoms with E-state index >= 15 is 0 Å². The van der Waals surface area contributed by atoms with Crippen molar-refractivity contribution in [2.75, 3.05) is 11.9 Å². The van der Waals surface area contributed by atoms with Crippen LogP contribution in [0.3, 0.4) is 0 Å². The van der Waals surface area contributed by atoms with E-state index in [2.05, 4.69) is 5.32 Å². The van der Waals surface area contributed by atoms with Crippen molar-refractivity contribution in [3.8, 4) is 6.07 Å². The number of anilines is 1. The quantitative estimate of drug-likeness (QED) is 0.845. The number of hydrogen-bond acceptors (Lipinski definition) is 3. The Kier molecular flexibility index (Phi) is 4.80. The van der Waals surface area contributed by atoms with E-state index in [1.54, 1.807) is 25.1 Å². The van der Waals surface area contributed by atoms with Gasteiger partial charge < -0.3 is 10.4 Å². The number of nitriles is 1. The highest BCUT2D eigenvalue weighted by atomic mass is 35.5. The fourth-order valence-electron chi connectivity index (χ4n) is 1.31. The molecule has 0 saturated heterocycles. The number of nitrogens with zero attached hydrogens (tertiary/aromatic N) is 1. The van der Waals surface area contributed by atoms with E-state index in [-0.39, 0.29) is 0 Å². The molecule has 0 spiro atoms. The van der Waals surface area contributed by atoms with Crippen LogP contribution >= 0.6 is 11.6 Å². The van der Waals surface area contributed by atoms with Gasteiger partial charge >= 0.3 is 5.97 Å². The Bertz CT molecular complexity index is 454. The lowest BCUT2D eigenvalue weighted by atomic mass is 10.1. The first kappa shape index (κ1) is 13.3. The van der Waals surface area contributed by atoms with Crippen LogP contribution in [-0.4, -0.2) is 17.6 Å². The Balaban J connectivity index is 2.60. The average molecular weight is 253 g/mol. The second kappa shape index (κ2) is 6.12. The van der Waals surface area contributed by atoms with Crippen LogP contribution in [0.25, 0.3) is 0 Å². The van der Waals surface area contributed by atoms with Gasteiger partial charge in [0.1, 0.15) is 6.07 Å². The van der Waals surface area contributed by atoms with Gasteiger partial charge in [0.25, 0.3) is 0 Å². The Morgan fingerprint density at radius 1 is 1.65 bits per heavy atom. The molecule has 0 fully saturated rings. The van der Waals surface area contributed by atoms with Crippen molar-refractivity contribution >= 4 is 23.3 Å². The lowest BCUT2D eigenvalue weighted by Crippen LogP contribution is -2.14. The summed E-state index contributed by atoms with van der Waals surface area (Å²) in [6.45, 7) is 2.13. The second-order valence-corrected chi connectivity index (χ2v) is 4.19. The fourth-order valence-corrected chi connectivity index (χ4v) is 1.48. The molecule has 1 aromatic carbocycles. The second-order valence-electron chi connectivity index (χ2n) is 3.76. The standard InChI is InChI=1S/C12H13ClN2O2/c1-8(12(16)17)4-5-15-11-6-10(13)3-2-9(11)7-14/h2-3,6,8,15H,4-5H2,1H3,(H,16,17). The molecule has 0 aliphatic heterocycles. The number of aliphatic carboxylic acids is 1. The van der Waals surface area contributed by atoms with Crippen molar-refractivity contribution in [1.29, 1.82) is 5.26 Å². The summed E-state index contributed by atoms with van der Waals surface area (Å²) in [7, 11) is 0. The SMILES string of the molecule is CC(CCNc1cc(Cl)ccc1C#N)C(=O)O. The first-order valence-corrected chi connectivity index (χ1v) is 5.58. The topological polar surface area (TPSA) is 73.1 Å². The summed E-state index contributed by atoms with van der Waals surface area (Å²) >= 11 is 5.82. The third kappa shape index (κ3) is 3.97. The Morgan fingerprint density at radius 3 is 2.94 bits per heavy atom. The van der Waals surface area contributed by atoms with Gasteiger partial charge in [-0.25, -0.2) is 0 Å². The number of benzene rings is 1. The van der Waals surface area contributed by atoms with Crippen molar-refractivity contribution in [1.82, 2.24) is 0 Å². The number of hydrogen-bond donors (Lipinski definition) is 2. The lowest BCUT2D eigenvalue weighted by Gasteiger charge is -2.10. The van der Waals surface area contributed by atoms with E-state index in [0.29, 0.717) is 29.2 Å². The predicted molar refractivity (Wildman–Crippen MR) is 66.1 cm³/mol. The van der Waals surface area contributed by atoms with Gasteiger partial charge in [-0.1, -0.05) is 18.5 Å².